The third-order valence-corrected chi connectivity index (χ3v) is 5.00. The van der Waals surface area contributed by atoms with Crippen LogP contribution in [-0.4, -0.2) is 53.8 Å². The van der Waals surface area contributed by atoms with Crippen molar-refractivity contribution in [3.05, 3.63) is 60.1 Å². The van der Waals surface area contributed by atoms with Crippen molar-refractivity contribution in [3.63, 3.8) is 0 Å². The quantitative estimate of drug-likeness (QED) is 0.461. The molecule has 0 spiro atoms. The number of nitrogens with one attached hydrogen (secondary N) is 2. The largest absolute Gasteiger partial charge is 0.365 e. The van der Waals surface area contributed by atoms with Crippen LogP contribution < -0.4 is 15.5 Å². The zero-order valence-corrected chi connectivity index (χ0v) is 17.1. The SMILES string of the molecule is CN=C(NCCc1noc(-c2ccccn2)n1)NC1CCN(c2c(F)cccc2F)C1. The lowest BCUT2D eigenvalue weighted by atomic mass is 10.2. The van der Waals surface area contributed by atoms with Gasteiger partial charge >= 0.3 is 0 Å². The van der Waals surface area contributed by atoms with Gasteiger partial charge < -0.3 is 20.1 Å². The van der Waals surface area contributed by atoms with Crippen molar-refractivity contribution in [1.82, 2.24) is 25.8 Å². The van der Waals surface area contributed by atoms with Gasteiger partial charge in [0.25, 0.3) is 5.89 Å². The summed E-state index contributed by atoms with van der Waals surface area (Å²) < 4.78 is 33.3. The molecule has 0 saturated carbocycles. The highest BCUT2D eigenvalue weighted by molar-refractivity contribution is 5.80. The zero-order valence-electron chi connectivity index (χ0n) is 17.1. The molecule has 0 aliphatic carbocycles. The van der Waals surface area contributed by atoms with E-state index in [1.807, 2.05) is 12.1 Å². The number of benzene rings is 1. The lowest BCUT2D eigenvalue weighted by Crippen LogP contribution is -2.45. The number of para-hydroxylation sites is 1. The first-order valence-corrected chi connectivity index (χ1v) is 10.0. The fraction of sp³-hybridized carbons (Fsp3) is 0.333. The van der Waals surface area contributed by atoms with Crippen molar-refractivity contribution < 1.29 is 13.3 Å². The minimum Gasteiger partial charge on any atom is -0.365 e. The molecule has 4 rings (SSSR count). The van der Waals surface area contributed by atoms with Crippen LogP contribution in [0.4, 0.5) is 14.5 Å². The molecule has 1 aliphatic heterocycles. The maximum absolute atomic E-state index is 14.0. The number of halogens is 2. The molecule has 1 fully saturated rings. The minimum absolute atomic E-state index is 0.0196. The van der Waals surface area contributed by atoms with Gasteiger partial charge in [-0.05, 0) is 30.7 Å². The molecule has 2 N–H and O–H groups in total. The summed E-state index contributed by atoms with van der Waals surface area (Å²) in [6.45, 7) is 1.59. The average molecular weight is 427 g/mol. The van der Waals surface area contributed by atoms with E-state index < -0.39 is 11.6 Å². The van der Waals surface area contributed by atoms with E-state index in [0.717, 1.165) is 6.42 Å². The molecule has 1 atom stereocenters. The molecule has 1 aliphatic rings. The Morgan fingerprint density at radius 2 is 2.06 bits per heavy atom. The molecule has 0 bridgehead atoms. The summed E-state index contributed by atoms with van der Waals surface area (Å²) in [5.74, 6) is 0.450. The van der Waals surface area contributed by atoms with Gasteiger partial charge in [-0.2, -0.15) is 4.98 Å². The van der Waals surface area contributed by atoms with Crippen LogP contribution in [0.25, 0.3) is 11.6 Å². The molecule has 2 aromatic heterocycles. The van der Waals surface area contributed by atoms with Gasteiger partial charge in [0.2, 0.25) is 0 Å². The summed E-state index contributed by atoms with van der Waals surface area (Å²) in [4.78, 5) is 14.5. The fourth-order valence-electron chi connectivity index (χ4n) is 3.50. The van der Waals surface area contributed by atoms with Crippen LogP contribution in [0.5, 0.6) is 0 Å². The third kappa shape index (κ3) is 4.96. The molecule has 31 heavy (non-hydrogen) atoms. The highest BCUT2D eigenvalue weighted by atomic mass is 19.1. The smallest absolute Gasteiger partial charge is 0.276 e. The number of hydrogen-bond acceptors (Lipinski definition) is 6. The van der Waals surface area contributed by atoms with E-state index in [9.17, 15) is 8.78 Å². The van der Waals surface area contributed by atoms with E-state index in [-0.39, 0.29) is 11.7 Å². The Morgan fingerprint density at radius 1 is 1.23 bits per heavy atom. The maximum atomic E-state index is 14.0. The topological polar surface area (TPSA) is 91.5 Å². The Morgan fingerprint density at radius 3 is 2.81 bits per heavy atom. The van der Waals surface area contributed by atoms with Crippen molar-refractivity contribution in [1.29, 1.82) is 0 Å². The Labute approximate surface area is 178 Å². The zero-order chi connectivity index (χ0) is 21.6. The number of anilines is 1. The highest BCUT2D eigenvalue weighted by Gasteiger charge is 2.27. The van der Waals surface area contributed by atoms with Gasteiger partial charge in [0.1, 0.15) is 23.0 Å². The van der Waals surface area contributed by atoms with Crippen molar-refractivity contribution in [2.45, 2.75) is 18.9 Å². The average Bonchev–Trinajstić information content (AvgIpc) is 3.43. The molecule has 1 aromatic carbocycles. The van der Waals surface area contributed by atoms with Crippen LogP contribution in [0.3, 0.4) is 0 Å². The van der Waals surface area contributed by atoms with Crippen LogP contribution in [0.2, 0.25) is 0 Å². The van der Waals surface area contributed by atoms with Crippen molar-refractivity contribution in [2.24, 2.45) is 4.99 Å². The molecule has 1 unspecified atom stereocenters. The van der Waals surface area contributed by atoms with Crippen LogP contribution in [-0.2, 0) is 6.42 Å². The minimum atomic E-state index is -0.548. The summed E-state index contributed by atoms with van der Waals surface area (Å²) in [6, 6.07) is 9.42. The number of pyridine rings is 1. The maximum Gasteiger partial charge on any atom is 0.276 e. The van der Waals surface area contributed by atoms with Gasteiger partial charge in [-0.1, -0.05) is 17.3 Å². The van der Waals surface area contributed by atoms with E-state index in [0.29, 0.717) is 49.4 Å². The second-order valence-electron chi connectivity index (χ2n) is 7.13. The van der Waals surface area contributed by atoms with Gasteiger partial charge in [0, 0.05) is 45.3 Å². The van der Waals surface area contributed by atoms with Gasteiger partial charge in [0.05, 0.1) is 0 Å². The molecule has 8 nitrogen and oxygen atoms in total. The predicted molar refractivity (Wildman–Crippen MR) is 113 cm³/mol. The molecule has 1 saturated heterocycles. The lowest BCUT2D eigenvalue weighted by molar-refractivity contribution is 0.421. The molecule has 0 radical (unpaired) electrons. The summed E-state index contributed by atoms with van der Waals surface area (Å²) in [5, 5.41) is 10.5. The standard InChI is InChI=1S/C21H23F2N7O/c1-24-21(26-11-8-18-28-20(31-29-18)17-7-2-3-10-25-17)27-14-9-12-30(13-14)19-15(22)5-4-6-16(19)23/h2-7,10,14H,8-9,11-13H2,1H3,(H2,24,26,27). The lowest BCUT2D eigenvalue weighted by Gasteiger charge is -2.21. The molecule has 0 amide bonds. The molecular weight excluding hydrogens is 404 g/mol. The van der Waals surface area contributed by atoms with E-state index in [2.05, 4.69) is 30.8 Å². The van der Waals surface area contributed by atoms with Crippen molar-refractivity contribution in [2.75, 3.05) is 31.6 Å². The summed E-state index contributed by atoms with van der Waals surface area (Å²) >= 11 is 0. The number of rotatable bonds is 6. The second-order valence-corrected chi connectivity index (χ2v) is 7.13. The monoisotopic (exact) mass is 427 g/mol. The van der Waals surface area contributed by atoms with E-state index in [4.69, 9.17) is 4.52 Å². The van der Waals surface area contributed by atoms with E-state index >= 15 is 0 Å². The molecular formula is C21H23F2N7O. The molecule has 162 valence electrons. The first kappa shape index (κ1) is 20.7. The summed E-state index contributed by atoms with van der Waals surface area (Å²) in [7, 11) is 1.67. The normalized spacial score (nSPS) is 16.5. The Kier molecular flexibility index (Phi) is 6.34. The van der Waals surface area contributed by atoms with Gasteiger partial charge in [-0.15, -0.1) is 0 Å². The number of aliphatic imine (C=N–C) groups is 1. The van der Waals surface area contributed by atoms with Crippen LogP contribution in [0.15, 0.2) is 52.1 Å². The van der Waals surface area contributed by atoms with Gasteiger partial charge in [-0.25, -0.2) is 8.78 Å². The Balaban J connectivity index is 1.27. The Hall–Kier alpha value is -3.56. The second kappa shape index (κ2) is 9.50. The summed E-state index contributed by atoms with van der Waals surface area (Å²) in [5.41, 5.74) is 0.652. The first-order chi connectivity index (χ1) is 15.1. The summed E-state index contributed by atoms with van der Waals surface area (Å²) in [6.07, 6.45) is 2.95. The number of hydrogen-bond donors (Lipinski definition) is 2. The third-order valence-electron chi connectivity index (χ3n) is 5.00. The van der Waals surface area contributed by atoms with Crippen LogP contribution in [0.1, 0.15) is 12.2 Å². The van der Waals surface area contributed by atoms with Crippen LogP contribution >= 0.6 is 0 Å². The number of nitrogens with zero attached hydrogens (tertiary/aromatic N) is 5. The molecule has 10 heteroatoms. The highest BCUT2D eigenvalue weighted by Crippen LogP contribution is 2.26. The fourth-order valence-corrected chi connectivity index (χ4v) is 3.50. The predicted octanol–water partition coefficient (Wildman–Crippen LogP) is 2.40. The Bertz CT molecular complexity index is 1020. The van der Waals surface area contributed by atoms with E-state index in [1.165, 1.54) is 18.2 Å². The first-order valence-electron chi connectivity index (χ1n) is 10.0. The van der Waals surface area contributed by atoms with Crippen molar-refractivity contribution >= 4 is 11.6 Å². The molecule has 3 heterocycles. The van der Waals surface area contributed by atoms with Gasteiger partial charge in [-0.3, -0.25) is 9.98 Å². The number of aromatic nitrogens is 3. The van der Waals surface area contributed by atoms with Crippen molar-refractivity contribution in [3.8, 4) is 11.6 Å². The van der Waals surface area contributed by atoms with Crippen LogP contribution in [0, 0.1) is 11.6 Å². The van der Waals surface area contributed by atoms with Gasteiger partial charge in [0.15, 0.2) is 11.8 Å². The number of guanidine groups is 1. The molecule has 3 aromatic rings. The van der Waals surface area contributed by atoms with E-state index in [1.54, 1.807) is 24.2 Å².